The Balaban J connectivity index is 1.48. The van der Waals surface area contributed by atoms with Gasteiger partial charge in [0.1, 0.15) is 30.7 Å². The van der Waals surface area contributed by atoms with E-state index in [9.17, 15) is 9.90 Å². The monoisotopic (exact) mass is 382 g/mol. The quantitative estimate of drug-likeness (QED) is 0.677. The molecule has 0 aliphatic carbocycles. The Morgan fingerprint density at radius 3 is 2.86 bits per heavy atom. The summed E-state index contributed by atoms with van der Waals surface area (Å²) < 4.78 is 12.9. The first kappa shape index (κ1) is 16.9. The minimum absolute atomic E-state index is 0.0755. The fraction of sp³-hybridized carbons (Fsp3) is 0.333. The molecule has 28 heavy (non-hydrogen) atoms. The maximum Gasteiger partial charge on any atom is 0.410 e. The van der Waals surface area contributed by atoms with Gasteiger partial charge in [-0.05, 0) is 5.56 Å². The van der Waals surface area contributed by atoms with Gasteiger partial charge in [-0.2, -0.15) is 0 Å². The lowest BCUT2D eigenvalue weighted by molar-refractivity contribution is -0.0665. The Bertz CT molecular complexity index is 1030. The molecular formula is C18H18N6O4. The Morgan fingerprint density at radius 2 is 2.04 bits per heavy atom. The predicted molar refractivity (Wildman–Crippen MR) is 96.8 cm³/mol. The van der Waals surface area contributed by atoms with Gasteiger partial charge in [-0.1, -0.05) is 30.3 Å². The number of cyclic esters (lactones) is 1. The van der Waals surface area contributed by atoms with Gasteiger partial charge in [0.15, 0.2) is 17.7 Å². The third kappa shape index (κ3) is 2.57. The van der Waals surface area contributed by atoms with Crippen LogP contribution in [0.5, 0.6) is 0 Å². The second-order valence-electron chi connectivity index (χ2n) is 6.82. The molecule has 4 heterocycles. The molecule has 0 radical (unpaired) electrons. The number of carbonyl (C=O) groups excluding carboxylic acids is 1. The molecule has 0 bridgehead atoms. The van der Waals surface area contributed by atoms with E-state index in [1.165, 1.54) is 17.6 Å². The maximum absolute atomic E-state index is 12.4. The highest BCUT2D eigenvalue weighted by Gasteiger charge is 2.52. The molecule has 3 aromatic rings. The van der Waals surface area contributed by atoms with Crippen molar-refractivity contribution in [1.82, 2.24) is 24.4 Å². The van der Waals surface area contributed by atoms with E-state index >= 15 is 0 Å². The normalized spacial score (nSPS) is 27.0. The number of imidazole rings is 1. The molecule has 2 fully saturated rings. The van der Waals surface area contributed by atoms with Crippen molar-refractivity contribution in [2.75, 3.05) is 12.3 Å². The lowest BCUT2D eigenvalue weighted by atomic mass is 10.0. The number of benzene rings is 1. The average molecular weight is 382 g/mol. The van der Waals surface area contributed by atoms with Crippen LogP contribution in [0.15, 0.2) is 43.0 Å². The topological polar surface area (TPSA) is 129 Å². The maximum atomic E-state index is 12.4. The van der Waals surface area contributed by atoms with Gasteiger partial charge in [-0.3, -0.25) is 9.47 Å². The van der Waals surface area contributed by atoms with Crippen LogP contribution in [0.25, 0.3) is 11.2 Å². The summed E-state index contributed by atoms with van der Waals surface area (Å²) in [5, 5.41) is 11.1. The molecule has 10 nitrogen and oxygen atoms in total. The van der Waals surface area contributed by atoms with E-state index in [1.807, 2.05) is 30.3 Å². The molecule has 144 valence electrons. The summed E-state index contributed by atoms with van der Waals surface area (Å²) in [5.74, 6) is 0.248. The van der Waals surface area contributed by atoms with Crippen molar-refractivity contribution in [2.24, 2.45) is 0 Å². The Morgan fingerprint density at radius 1 is 1.21 bits per heavy atom. The standard InChI is InChI=1S/C18H18N6O4/c19-15-12-16(21-8-20-15)24(9-22-12)17-14(25)13-11(28-17)7-27-18(26)23(13)6-10-4-2-1-3-5-10/h1-5,8-9,11,13-14,17,25H,6-7H2,(H2,19,20,21)/t11-,13+,14-,17-/m1/s1. The van der Waals surface area contributed by atoms with Crippen molar-refractivity contribution in [1.29, 1.82) is 0 Å². The molecule has 10 heteroatoms. The summed E-state index contributed by atoms with van der Waals surface area (Å²) in [5.41, 5.74) is 7.67. The van der Waals surface area contributed by atoms with Crippen molar-refractivity contribution in [2.45, 2.75) is 31.0 Å². The number of hydrogen-bond acceptors (Lipinski definition) is 8. The fourth-order valence-corrected chi connectivity index (χ4v) is 3.85. The predicted octanol–water partition coefficient (Wildman–Crippen LogP) is 0.688. The summed E-state index contributed by atoms with van der Waals surface area (Å²) >= 11 is 0. The molecule has 4 atom stereocenters. The zero-order valence-corrected chi connectivity index (χ0v) is 14.8. The van der Waals surface area contributed by atoms with E-state index in [-0.39, 0.29) is 12.4 Å². The van der Waals surface area contributed by atoms with Crippen LogP contribution in [0.3, 0.4) is 0 Å². The number of nitrogen functional groups attached to an aromatic ring is 1. The molecule has 1 aromatic carbocycles. The van der Waals surface area contributed by atoms with Crippen LogP contribution >= 0.6 is 0 Å². The zero-order valence-electron chi connectivity index (χ0n) is 14.8. The summed E-state index contributed by atoms with van der Waals surface area (Å²) in [4.78, 5) is 26.3. The van der Waals surface area contributed by atoms with E-state index in [0.717, 1.165) is 5.56 Å². The fourth-order valence-electron chi connectivity index (χ4n) is 3.85. The Kier molecular flexibility index (Phi) is 3.88. The van der Waals surface area contributed by atoms with Gasteiger partial charge in [0.25, 0.3) is 0 Å². The lowest BCUT2D eigenvalue weighted by Gasteiger charge is -2.36. The number of nitrogens with zero attached hydrogens (tertiary/aromatic N) is 5. The summed E-state index contributed by atoms with van der Waals surface area (Å²) in [6, 6.07) is 8.98. The number of aromatic nitrogens is 4. The van der Waals surface area contributed by atoms with E-state index in [1.54, 1.807) is 4.57 Å². The molecular weight excluding hydrogens is 364 g/mol. The molecule has 2 aliphatic rings. The second-order valence-corrected chi connectivity index (χ2v) is 6.82. The number of hydrogen-bond donors (Lipinski definition) is 2. The lowest BCUT2D eigenvalue weighted by Crippen LogP contribution is -2.55. The minimum atomic E-state index is -0.991. The number of ether oxygens (including phenoxy) is 2. The first-order chi connectivity index (χ1) is 13.6. The van der Waals surface area contributed by atoms with Gasteiger partial charge < -0.3 is 20.3 Å². The van der Waals surface area contributed by atoms with Crippen molar-refractivity contribution >= 4 is 23.1 Å². The van der Waals surface area contributed by atoms with E-state index < -0.39 is 30.6 Å². The summed E-state index contributed by atoms with van der Waals surface area (Å²) in [6.45, 7) is 0.389. The first-order valence-corrected chi connectivity index (χ1v) is 8.87. The highest BCUT2D eigenvalue weighted by atomic mass is 16.6. The average Bonchev–Trinajstić information content (AvgIpc) is 3.27. The van der Waals surface area contributed by atoms with Crippen molar-refractivity contribution < 1.29 is 19.4 Å². The Hall–Kier alpha value is -3.24. The summed E-state index contributed by atoms with van der Waals surface area (Å²) in [6.07, 6.45) is 0.120. The third-order valence-electron chi connectivity index (χ3n) is 5.16. The number of amides is 1. The van der Waals surface area contributed by atoms with Gasteiger partial charge in [0.05, 0.1) is 12.4 Å². The number of carbonyl (C=O) groups is 1. The number of fused-ring (bicyclic) bond motifs is 2. The molecule has 0 spiro atoms. The zero-order chi connectivity index (χ0) is 19.3. The van der Waals surface area contributed by atoms with Crippen LogP contribution in [0.1, 0.15) is 11.8 Å². The van der Waals surface area contributed by atoms with Crippen LogP contribution in [-0.2, 0) is 16.0 Å². The van der Waals surface area contributed by atoms with Crippen LogP contribution in [0.4, 0.5) is 10.6 Å². The van der Waals surface area contributed by atoms with Crippen LogP contribution in [-0.4, -0.2) is 60.5 Å². The number of aliphatic hydroxyl groups is 1. The minimum Gasteiger partial charge on any atom is -0.447 e. The van der Waals surface area contributed by atoms with Gasteiger partial charge in [0, 0.05) is 6.54 Å². The van der Waals surface area contributed by atoms with Gasteiger partial charge >= 0.3 is 6.09 Å². The van der Waals surface area contributed by atoms with Gasteiger partial charge in [-0.25, -0.2) is 19.7 Å². The largest absolute Gasteiger partial charge is 0.447 e. The third-order valence-corrected chi connectivity index (χ3v) is 5.16. The number of aliphatic hydroxyl groups excluding tert-OH is 1. The molecule has 5 rings (SSSR count). The molecule has 0 saturated carbocycles. The van der Waals surface area contributed by atoms with Gasteiger partial charge in [0.2, 0.25) is 0 Å². The highest BCUT2D eigenvalue weighted by Crippen LogP contribution is 2.37. The molecule has 2 aromatic heterocycles. The van der Waals surface area contributed by atoms with Gasteiger partial charge in [-0.15, -0.1) is 0 Å². The molecule has 1 amide bonds. The first-order valence-electron chi connectivity index (χ1n) is 8.87. The van der Waals surface area contributed by atoms with Crippen molar-refractivity contribution in [3.63, 3.8) is 0 Å². The number of rotatable bonds is 3. The number of nitrogens with two attached hydrogens (primary N) is 1. The van der Waals surface area contributed by atoms with Crippen molar-refractivity contribution in [3.8, 4) is 0 Å². The van der Waals surface area contributed by atoms with Crippen molar-refractivity contribution in [3.05, 3.63) is 48.5 Å². The van der Waals surface area contributed by atoms with E-state index in [2.05, 4.69) is 15.0 Å². The van der Waals surface area contributed by atoms with Crippen LogP contribution < -0.4 is 5.73 Å². The van der Waals surface area contributed by atoms with E-state index in [4.69, 9.17) is 15.2 Å². The summed E-state index contributed by atoms with van der Waals surface area (Å²) in [7, 11) is 0. The smallest absolute Gasteiger partial charge is 0.410 e. The molecule has 2 aliphatic heterocycles. The Labute approximate surface area is 159 Å². The van der Waals surface area contributed by atoms with Crippen LogP contribution in [0, 0.1) is 0 Å². The highest BCUT2D eigenvalue weighted by molar-refractivity contribution is 5.81. The van der Waals surface area contributed by atoms with E-state index in [0.29, 0.717) is 17.7 Å². The SMILES string of the molecule is Nc1ncnc2c1ncn2[C@@H]1O[C@@H]2COC(=O)N(Cc3ccccc3)[C@@H]2[C@H]1O. The molecule has 3 N–H and O–H groups in total. The second kappa shape index (κ2) is 6.43. The molecule has 0 unspecified atom stereocenters. The number of anilines is 1. The molecule has 2 saturated heterocycles. The van der Waals surface area contributed by atoms with Crippen LogP contribution in [0.2, 0.25) is 0 Å².